The standard InChI is InChI=1S/C24H27N3O3/c1-18(24(30)27(15-5-14-25)21-6-3-2-4-7-21)26-16-12-20(13-17-26)23(29)19-8-10-22(28)11-9-19/h2-4,6-11,18,20,28H,5,12-13,15-17H2,1H3. The monoisotopic (exact) mass is 405 g/mol. The number of hydrogen-bond acceptors (Lipinski definition) is 5. The van der Waals surface area contributed by atoms with Crippen molar-refractivity contribution in [2.75, 3.05) is 24.5 Å². The van der Waals surface area contributed by atoms with E-state index in [1.165, 1.54) is 12.1 Å². The van der Waals surface area contributed by atoms with E-state index in [9.17, 15) is 14.7 Å². The van der Waals surface area contributed by atoms with Crippen molar-refractivity contribution < 1.29 is 14.7 Å². The maximum atomic E-state index is 13.2. The van der Waals surface area contributed by atoms with Gasteiger partial charge in [-0.1, -0.05) is 18.2 Å². The van der Waals surface area contributed by atoms with Gasteiger partial charge in [-0.05, 0) is 69.3 Å². The van der Waals surface area contributed by atoms with E-state index in [4.69, 9.17) is 5.26 Å². The summed E-state index contributed by atoms with van der Waals surface area (Å²) < 4.78 is 0. The first kappa shape index (κ1) is 21.5. The van der Waals surface area contributed by atoms with Crippen LogP contribution >= 0.6 is 0 Å². The van der Waals surface area contributed by atoms with Gasteiger partial charge in [0.2, 0.25) is 5.91 Å². The van der Waals surface area contributed by atoms with Crippen LogP contribution in [-0.2, 0) is 4.79 Å². The van der Waals surface area contributed by atoms with Crippen LogP contribution in [0.4, 0.5) is 5.69 Å². The van der Waals surface area contributed by atoms with E-state index < -0.39 is 0 Å². The summed E-state index contributed by atoms with van der Waals surface area (Å²) in [4.78, 5) is 29.7. The minimum Gasteiger partial charge on any atom is -0.508 e. The molecule has 30 heavy (non-hydrogen) atoms. The summed E-state index contributed by atoms with van der Waals surface area (Å²) in [7, 11) is 0. The van der Waals surface area contributed by atoms with Gasteiger partial charge in [-0.2, -0.15) is 5.26 Å². The summed E-state index contributed by atoms with van der Waals surface area (Å²) in [5.74, 6) is 0.137. The Hall–Kier alpha value is -3.17. The third-order valence-corrected chi connectivity index (χ3v) is 5.74. The fraction of sp³-hybridized carbons (Fsp3) is 0.375. The molecule has 6 heteroatoms. The topological polar surface area (TPSA) is 84.6 Å². The van der Waals surface area contributed by atoms with Gasteiger partial charge in [0.25, 0.3) is 0 Å². The normalized spacial score (nSPS) is 15.9. The molecule has 1 heterocycles. The number of aromatic hydroxyl groups is 1. The number of likely N-dealkylation sites (tertiary alicyclic amines) is 1. The van der Waals surface area contributed by atoms with Crippen molar-refractivity contribution in [1.82, 2.24) is 4.90 Å². The molecule has 1 N–H and O–H groups in total. The molecule has 0 saturated carbocycles. The number of amides is 1. The average molecular weight is 405 g/mol. The summed E-state index contributed by atoms with van der Waals surface area (Å²) in [6.45, 7) is 3.59. The Labute approximate surface area is 177 Å². The van der Waals surface area contributed by atoms with Gasteiger partial charge in [-0.15, -0.1) is 0 Å². The van der Waals surface area contributed by atoms with E-state index in [2.05, 4.69) is 11.0 Å². The first-order chi connectivity index (χ1) is 14.5. The number of benzene rings is 2. The molecular formula is C24H27N3O3. The maximum absolute atomic E-state index is 13.2. The summed E-state index contributed by atoms with van der Waals surface area (Å²) >= 11 is 0. The van der Waals surface area contributed by atoms with Gasteiger partial charge in [-0.25, -0.2) is 0 Å². The van der Waals surface area contributed by atoms with Crippen molar-refractivity contribution >= 4 is 17.4 Å². The number of piperidine rings is 1. The third kappa shape index (κ3) is 5.05. The Morgan fingerprint density at radius 1 is 1.13 bits per heavy atom. The highest BCUT2D eigenvalue weighted by atomic mass is 16.3. The Morgan fingerprint density at radius 2 is 1.77 bits per heavy atom. The number of carbonyl (C=O) groups is 2. The van der Waals surface area contributed by atoms with Crippen molar-refractivity contribution in [3.63, 3.8) is 0 Å². The molecule has 0 bridgehead atoms. The molecule has 1 fully saturated rings. The third-order valence-electron chi connectivity index (χ3n) is 5.74. The van der Waals surface area contributed by atoms with Gasteiger partial charge < -0.3 is 10.0 Å². The minimum atomic E-state index is -0.325. The number of anilines is 1. The van der Waals surface area contributed by atoms with Crippen LogP contribution in [0.5, 0.6) is 5.75 Å². The molecule has 1 atom stereocenters. The molecule has 2 aromatic carbocycles. The zero-order chi connectivity index (χ0) is 21.5. The van der Waals surface area contributed by atoms with E-state index in [0.29, 0.717) is 38.0 Å². The number of nitriles is 1. The first-order valence-corrected chi connectivity index (χ1v) is 10.3. The van der Waals surface area contributed by atoms with Crippen LogP contribution in [0.15, 0.2) is 54.6 Å². The Kier molecular flexibility index (Phi) is 7.21. The van der Waals surface area contributed by atoms with E-state index >= 15 is 0 Å². The van der Waals surface area contributed by atoms with E-state index in [1.807, 2.05) is 37.3 Å². The second kappa shape index (κ2) is 10.0. The van der Waals surface area contributed by atoms with Gasteiger partial charge in [0.05, 0.1) is 18.5 Å². The van der Waals surface area contributed by atoms with Crippen molar-refractivity contribution in [1.29, 1.82) is 5.26 Å². The molecule has 0 radical (unpaired) electrons. The predicted octanol–water partition coefficient (Wildman–Crippen LogP) is 3.62. The second-order valence-electron chi connectivity index (χ2n) is 7.63. The van der Waals surface area contributed by atoms with Crippen LogP contribution in [0.25, 0.3) is 0 Å². The molecule has 1 aliphatic heterocycles. The van der Waals surface area contributed by atoms with E-state index in [1.54, 1.807) is 17.0 Å². The quantitative estimate of drug-likeness (QED) is 0.711. The highest BCUT2D eigenvalue weighted by Gasteiger charge is 2.32. The van der Waals surface area contributed by atoms with Crippen LogP contribution in [0.3, 0.4) is 0 Å². The number of rotatable bonds is 7. The largest absolute Gasteiger partial charge is 0.508 e. The highest BCUT2D eigenvalue weighted by molar-refractivity contribution is 5.98. The van der Waals surface area contributed by atoms with Crippen LogP contribution < -0.4 is 4.90 Å². The molecule has 1 saturated heterocycles. The van der Waals surface area contributed by atoms with Crippen LogP contribution in [0.1, 0.15) is 36.5 Å². The lowest BCUT2D eigenvalue weighted by atomic mass is 9.88. The summed E-state index contributed by atoms with van der Waals surface area (Å²) in [5, 5.41) is 18.4. The Morgan fingerprint density at radius 3 is 2.37 bits per heavy atom. The zero-order valence-electron chi connectivity index (χ0n) is 17.2. The lowest BCUT2D eigenvalue weighted by molar-refractivity contribution is -0.123. The van der Waals surface area contributed by atoms with Gasteiger partial charge in [0.15, 0.2) is 5.78 Å². The maximum Gasteiger partial charge on any atom is 0.244 e. The van der Waals surface area contributed by atoms with E-state index in [-0.39, 0.29) is 35.8 Å². The van der Waals surface area contributed by atoms with Gasteiger partial charge in [-0.3, -0.25) is 14.5 Å². The number of carbonyl (C=O) groups excluding carboxylic acids is 2. The average Bonchev–Trinajstić information content (AvgIpc) is 2.79. The predicted molar refractivity (Wildman–Crippen MR) is 115 cm³/mol. The zero-order valence-corrected chi connectivity index (χ0v) is 17.2. The number of Topliss-reactive ketones (excluding diaryl/α,β-unsaturated/α-hetero) is 1. The fourth-order valence-electron chi connectivity index (χ4n) is 3.93. The first-order valence-electron chi connectivity index (χ1n) is 10.3. The lowest BCUT2D eigenvalue weighted by Gasteiger charge is -2.37. The Balaban J connectivity index is 1.62. The fourth-order valence-corrected chi connectivity index (χ4v) is 3.93. The smallest absolute Gasteiger partial charge is 0.244 e. The number of hydrogen-bond donors (Lipinski definition) is 1. The van der Waals surface area contributed by atoms with Crippen molar-refractivity contribution in [3.8, 4) is 11.8 Å². The van der Waals surface area contributed by atoms with Crippen molar-refractivity contribution in [2.45, 2.75) is 32.2 Å². The van der Waals surface area contributed by atoms with Crippen molar-refractivity contribution in [2.24, 2.45) is 5.92 Å². The molecule has 6 nitrogen and oxygen atoms in total. The molecule has 3 rings (SSSR count). The van der Waals surface area contributed by atoms with Crippen LogP contribution in [-0.4, -0.2) is 47.4 Å². The molecule has 0 aromatic heterocycles. The number of para-hydroxylation sites is 1. The summed E-state index contributed by atoms with van der Waals surface area (Å²) in [5.41, 5.74) is 1.41. The molecule has 1 unspecified atom stereocenters. The molecule has 156 valence electrons. The Bertz CT molecular complexity index is 898. The van der Waals surface area contributed by atoms with Gasteiger partial charge in [0, 0.05) is 23.7 Å². The molecule has 1 aliphatic rings. The van der Waals surface area contributed by atoms with E-state index in [0.717, 1.165) is 5.69 Å². The van der Waals surface area contributed by atoms with Gasteiger partial charge >= 0.3 is 0 Å². The van der Waals surface area contributed by atoms with Crippen LogP contribution in [0, 0.1) is 17.2 Å². The molecule has 2 aromatic rings. The lowest BCUT2D eigenvalue weighted by Crippen LogP contribution is -2.50. The molecular weight excluding hydrogens is 378 g/mol. The number of nitrogens with zero attached hydrogens (tertiary/aromatic N) is 3. The van der Waals surface area contributed by atoms with Crippen molar-refractivity contribution in [3.05, 3.63) is 60.2 Å². The van der Waals surface area contributed by atoms with Crippen LogP contribution in [0.2, 0.25) is 0 Å². The number of ketones is 1. The minimum absolute atomic E-state index is 0.0280. The molecule has 1 amide bonds. The summed E-state index contributed by atoms with van der Waals surface area (Å²) in [6.07, 6.45) is 1.66. The summed E-state index contributed by atoms with van der Waals surface area (Å²) in [6, 6.07) is 17.6. The number of phenolic OH excluding ortho intramolecular Hbond substituents is 1. The highest BCUT2D eigenvalue weighted by Crippen LogP contribution is 2.25. The number of phenols is 1. The molecule has 0 aliphatic carbocycles. The second-order valence-corrected chi connectivity index (χ2v) is 7.63. The van der Waals surface area contributed by atoms with Gasteiger partial charge in [0.1, 0.15) is 5.75 Å². The molecule has 0 spiro atoms. The SMILES string of the molecule is CC(C(=O)N(CCC#N)c1ccccc1)N1CCC(C(=O)c2ccc(O)cc2)CC1.